The van der Waals surface area contributed by atoms with Crippen molar-refractivity contribution in [1.82, 2.24) is 14.9 Å². The largest absolute Gasteiger partial charge is 0.349 e. The van der Waals surface area contributed by atoms with Gasteiger partial charge in [-0.15, -0.1) is 0 Å². The summed E-state index contributed by atoms with van der Waals surface area (Å²) in [6, 6.07) is 12.7. The molecule has 4 heteroatoms. The van der Waals surface area contributed by atoms with E-state index in [1.807, 2.05) is 25.1 Å². The lowest BCUT2D eigenvalue weighted by molar-refractivity contribution is 0.0933. The van der Waals surface area contributed by atoms with Crippen molar-refractivity contribution in [2.45, 2.75) is 65.3 Å². The minimum atomic E-state index is 0.0207. The Morgan fingerprint density at radius 1 is 0.964 bits per heavy atom. The number of fused-ring (bicyclic) bond motifs is 1. The molecule has 146 valence electrons. The zero-order chi connectivity index (χ0) is 19.7. The van der Waals surface area contributed by atoms with E-state index in [0.717, 1.165) is 35.4 Å². The first-order valence-corrected chi connectivity index (χ1v) is 10.4. The third-order valence-corrected chi connectivity index (χ3v) is 5.74. The number of aryl methyl sites for hydroxylation is 3. The number of hydrogen-bond donors (Lipinski definition) is 1. The zero-order valence-corrected chi connectivity index (χ0v) is 17.1. The van der Waals surface area contributed by atoms with Gasteiger partial charge >= 0.3 is 0 Å². The summed E-state index contributed by atoms with van der Waals surface area (Å²) in [5.41, 5.74) is 6.18. The summed E-state index contributed by atoms with van der Waals surface area (Å²) >= 11 is 0. The maximum absolute atomic E-state index is 12.8. The summed E-state index contributed by atoms with van der Waals surface area (Å²) < 4.78 is 2.17. The average Bonchev–Trinajstić information content (AvgIpc) is 2.78. The van der Waals surface area contributed by atoms with Crippen LogP contribution in [0.2, 0.25) is 0 Å². The highest BCUT2D eigenvalue weighted by atomic mass is 16.1. The average molecular weight is 376 g/mol. The maximum atomic E-state index is 12.8. The maximum Gasteiger partial charge on any atom is 0.251 e. The van der Waals surface area contributed by atoms with E-state index < -0.39 is 0 Å². The lowest BCUT2D eigenvalue weighted by Crippen LogP contribution is -2.34. The minimum Gasteiger partial charge on any atom is -0.349 e. The van der Waals surface area contributed by atoms with Crippen LogP contribution in [-0.4, -0.2) is 21.5 Å². The fraction of sp³-hybridized carbons (Fsp3) is 0.417. The van der Waals surface area contributed by atoms with E-state index in [9.17, 15) is 4.79 Å². The van der Waals surface area contributed by atoms with Crippen LogP contribution >= 0.6 is 0 Å². The van der Waals surface area contributed by atoms with Crippen LogP contribution in [0, 0.1) is 20.8 Å². The van der Waals surface area contributed by atoms with Gasteiger partial charge in [0, 0.05) is 17.3 Å². The van der Waals surface area contributed by atoms with Gasteiger partial charge in [-0.3, -0.25) is 9.36 Å². The second-order valence-electron chi connectivity index (χ2n) is 8.21. The highest BCUT2D eigenvalue weighted by Crippen LogP contribution is 2.24. The lowest BCUT2D eigenvalue weighted by atomic mass is 10.1. The van der Waals surface area contributed by atoms with Crippen molar-refractivity contribution in [2.75, 3.05) is 0 Å². The fourth-order valence-corrected chi connectivity index (χ4v) is 4.44. The Hall–Kier alpha value is -2.62. The van der Waals surface area contributed by atoms with Crippen molar-refractivity contribution < 1.29 is 4.79 Å². The number of nitrogens with one attached hydrogen (secondary N) is 1. The molecule has 28 heavy (non-hydrogen) atoms. The number of carbonyl (C=O) groups excluding carboxylic acids is 1. The number of benzene rings is 2. The Bertz CT molecular complexity index is 990. The van der Waals surface area contributed by atoms with Gasteiger partial charge in [0.1, 0.15) is 5.82 Å². The van der Waals surface area contributed by atoms with Gasteiger partial charge in [0.2, 0.25) is 0 Å². The van der Waals surface area contributed by atoms with E-state index in [1.165, 1.54) is 36.8 Å². The van der Waals surface area contributed by atoms with Gasteiger partial charge in [-0.2, -0.15) is 0 Å². The predicted octanol–water partition coefficient (Wildman–Crippen LogP) is 5.40. The third kappa shape index (κ3) is 3.82. The van der Waals surface area contributed by atoms with Crippen LogP contribution in [0.1, 0.15) is 65.8 Å². The van der Waals surface area contributed by atoms with Crippen molar-refractivity contribution in [3.63, 3.8) is 0 Å². The number of amides is 1. The number of aromatic nitrogens is 2. The third-order valence-electron chi connectivity index (χ3n) is 5.74. The summed E-state index contributed by atoms with van der Waals surface area (Å²) in [7, 11) is 0. The van der Waals surface area contributed by atoms with Crippen LogP contribution in [0.25, 0.3) is 16.7 Å². The highest BCUT2D eigenvalue weighted by Gasteiger charge is 2.17. The molecule has 2 aromatic carbocycles. The second kappa shape index (κ2) is 7.78. The van der Waals surface area contributed by atoms with Crippen LogP contribution in [0.4, 0.5) is 0 Å². The summed E-state index contributed by atoms with van der Waals surface area (Å²) in [5.74, 6) is 0.953. The molecule has 0 saturated heterocycles. The molecule has 1 heterocycles. The van der Waals surface area contributed by atoms with E-state index >= 15 is 0 Å². The molecule has 4 nitrogen and oxygen atoms in total. The van der Waals surface area contributed by atoms with E-state index in [1.54, 1.807) is 0 Å². The molecular formula is C24H29N3O. The molecule has 0 spiro atoms. The summed E-state index contributed by atoms with van der Waals surface area (Å²) in [4.78, 5) is 17.5. The molecule has 0 radical (unpaired) electrons. The van der Waals surface area contributed by atoms with Gasteiger partial charge in [0.15, 0.2) is 0 Å². The molecule has 4 rings (SSSR count). The molecule has 1 aromatic heterocycles. The van der Waals surface area contributed by atoms with Crippen molar-refractivity contribution in [1.29, 1.82) is 0 Å². The van der Waals surface area contributed by atoms with Crippen molar-refractivity contribution in [3.05, 3.63) is 58.9 Å². The molecule has 1 amide bonds. The van der Waals surface area contributed by atoms with E-state index in [0.29, 0.717) is 11.6 Å². The zero-order valence-electron chi connectivity index (χ0n) is 17.1. The SMILES string of the molecule is Cc1cc(C)cc(-n2c(C)nc3cc(C(=O)NC4CCCCCC4)ccc32)c1. The highest BCUT2D eigenvalue weighted by molar-refractivity contribution is 5.97. The first-order valence-electron chi connectivity index (χ1n) is 10.4. The van der Waals surface area contributed by atoms with Crippen molar-refractivity contribution in [2.24, 2.45) is 0 Å². The van der Waals surface area contributed by atoms with Crippen LogP contribution in [0.3, 0.4) is 0 Å². The van der Waals surface area contributed by atoms with E-state index in [4.69, 9.17) is 4.98 Å². The first-order chi connectivity index (χ1) is 13.5. The normalized spacial score (nSPS) is 15.5. The molecule has 1 N–H and O–H groups in total. The molecule has 1 aliphatic rings. The summed E-state index contributed by atoms with van der Waals surface area (Å²) in [6.45, 7) is 6.24. The molecule has 0 atom stereocenters. The van der Waals surface area contributed by atoms with Gasteiger partial charge in [-0.05, 0) is 75.1 Å². The van der Waals surface area contributed by atoms with E-state index in [2.05, 4.69) is 41.9 Å². The molecule has 1 aliphatic carbocycles. The monoisotopic (exact) mass is 375 g/mol. The fourth-order valence-electron chi connectivity index (χ4n) is 4.44. The molecule has 1 fully saturated rings. The van der Waals surface area contributed by atoms with Crippen molar-refractivity contribution >= 4 is 16.9 Å². The molecule has 0 unspecified atom stereocenters. The van der Waals surface area contributed by atoms with Gasteiger partial charge in [0.25, 0.3) is 5.91 Å². The molecule has 3 aromatic rings. The van der Waals surface area contributed by atoms with Crippen molar-refractivity contribution in [3.8, 4) is 5.69 Å². The van der Waals surface area contributed by atoms with E-state index in [-0.39, 0.29) is 5.91 Å². The number of hydrogen-bond acceptors (Lipinski definition) is 2. The van der Waals surface area contributed by atoms with Gasteiger partial charge < -0.3 is 5.32 Å². The molecule has 1 saturated carbocycles. The first kappa shape index (κ1) is 18.7. The number of imidazole rings is 1. The quantitative estimate of drug-likeness (QED) is 0.623. The molecular weight excluding hydrogens is 346 g/mol. The van der Waals surface area contributed by atoms with Crippen LogP contribution in [0.15, 0.2) is 36.4 Å². The van der Waals surface area contributed by atoms with Crippen LogP contribution in [-0.2, 0) is 0 Å². The number of nitrogens with zero attached hydrogens (tertiary/aromatic N) is 2. The Morgan fingerprint density at radius 3 is 2.32 bits per heavy atom. The van der Waals surface area contributed by atoms with Gasteiger partial charge in [-0.1, -0.05) is 31.7 Å². The van der Waals surface area contributed by atoms with Gasteiger partial charge in [0.05, 0.1) is 11.0 Å². The molecule has 0 bridgehead atoms. The van der Waals surface area contributed by atoms with Gasteiger partial charge in [-0.25, -0.2) is 4.98 Å². The lowest BCUT2D eigenvalue weighted by Gasteiger charge is -2.16. The Labute approximate surface area is 167 Å². The Balaban J connectivity index is 1.64. The number of carbonyl (C=O) groups is 1. The number of rotatable bonds is 3. The predicted molar refractivity (Wildman–Crippen MR) is 114 cm³/mol. The summed E-state index contributed by atoms with van der Waals surface area (Å²) in [5, 5.41) is 3.23. The van der Waals surface area contributed by atoms with Crippen LogP contribution in [0.5, 0.6) is 0 Å². The topological polar surface area (TPSA) is 46.9 Å². The smallest absolute Gasteiger partial charge is 0.251 e. The summed E-state index contributed by atoms with van der Waals surface area (Å²) in [6.07, 6.45) is 7.18. The van der Waals surface area contributed by atoms with Crippen LogP contribution < -0.4 is 5.32 Å². The minimum absolute atomic E-state index is 0.0207. The Morgan fingerprint density at radius 2 is 1.64 bits per heavy atom. The molecule has 0 aliphatic heterocycles. The second-order valence-corrected chi connectivity index (χ2v) is 8.21. The Kier molecular flexibility index (Phi) is 5.21. The standard InChI is InChI=1S/C24H29N3O/c1-16-12-17(2)14-21(13-16)27-18(3)25-22-15-19(10-11-23(22)27)24(28)26-20-8-6-4-5-7-9-20/h10-15,20H,4-9H2,1-3H3,(H,26,28).